The molecule has 2 aliphatic heterocycles. The molecule has 11 heteroatoms. The zero-order valence-corrected chi connectivity index (χ0v) is 16.2. The fourth-order valence-electron chi connectivity index (χ4n) is 2.27. The van der Waals surface area contributed by atoms with Gasteiger partial charge in [-0.2, -0.15) is 0 Å². The summed E-state index contributed by atoms with van der Waals surface area (Å²) in [6.45, 7) is 0. The number of hydrogen-bond acceptors (Lipinski definition) is 9. The molecule has 2 aliphatic rings. The number of nitrogens with one attached hydrogen (secondary N) is 2. The van der Waals surface area contributed by atoms with E-state index in [4.69, 9.17) is 21.7 Å². The number of imide groups is 1. The van der Waals surface area contributed by atoms with Crippen LogP contribution >= 0.6 is 35.7 Å². The van der Waals surface area contributed by atoms with Gasteiger partial charge in [-0.15, -0.1) is 0 Å². The summed E-state index contributed by atoms with van der Waals surface area (Å²) >= 11 is 6.81. The average molecular weight is 424 g/mol. The summed E-state index contributed by atoms with van der Waals surface area (Å²) in [5.41, 5.74) is 0.698. The first-order valence-corrected chi connectivity index (χ1v) is 9.61. The Labute approximate surface area is 167 Å². The zero-order valence-electron chi connectivity index (χ0n) is 13.8. The Bertz CT molecular complexity index is 898. The number of ether oxygens (including phenoxy) is 2. The van der Waals surface area contributed by atoms with E-state index in [1.54, 1.807) is 18.2 Å². The summed E-state index contributed by atoms with van der Waals surface area (Å²) in [5, 5.41) is 3.11. The maximum Gasteiger partial charge on any atom is 0.312 e. The fourth-order valence-corrected chi connectivity index (χ4v) is 4.11. The molecular formula is C16H12N2O6S3. The zero-order chi connectivity index (χ0) is 19.6. The number of amides is 3. The quantitative estimate of drug-likeness (QED) is 0.319. The lowest BCUT2D eigenvalue weighted by Gasteiger charge is -2.11. The first-order valence-electron chi connectivity index (χ1n) is 7.51. The van der Waals surface area contributed by atoms with Crippen molar-refractivity contribution in [3.05, 3.63) is 28.7 Å². The van der Waals surface area contributed by atoms with E-state index in [1.807, 2.05) is 0 Å². The highest BCUT2D eigenvalue weighted by Gasteiger charge is 2.34. The summed E-state index contributed by atoms with van der Waals surface area (Å²) in [6, 6.07) is 4.83. The van der Waals surface area contributed by atoms with Crippen LogP contribution in [-0.4, -0.2) is 39.7 Å². The number of thioether (sulfide) groups is 2. The lowest BCUT2D eigenvalue weighted by molar-refractivity contribution is -0.136. The number of esters is 1. The van der Waals surface area contributed by atoms with E-state index in [2.05, 4.69) is 10.6 Å². The van der Waals surface area contributed by atoms with Crippen molar-refractivity contribution < 1.29 is 28.7 Å². The van der Waals surface area contributed by atoms with Crippen molar-refractivity contribution in [3.8, 4) is 11.5 Å². The molecule has 0 spiro atoms. The molecule has 3 amide bonds. The summed E-state index contributed by atoms with van der Waals surface area (Å²) < 4.78 is 10.5. The highest BCUT2D eigenvalue weighted by atomic mass is 32.2. The van der Waals surface area contributed by atoms with E-state index >= 15 is 0 Å². The Morgan fingerprint density at radius 2 is 2.00 bits per heavy atom. The van der Waals surface area contributed by atoms with Crippen LogP contribution in [0.1, 0.15) is 12.0 Å². The first-order chi connectivity index (χ1) is 12.9. The average Bonchev–Trinajstić information content (AvgIpc) is 3.09. The summed E-state index contributed by atoms with van der Waals surface area (Å²) in [7, 11) is 1.42. The number of carbonyl (C=O) groups excluding carboxylic acids is 4. The third-order valence-electron chi connectivity index (χ3n) is 3.47. The van der Waals surface area contributed by atoms with E-state index in [9.17, 15) is 19.2 Å². The number of rotatable bonds is 5. The molecule has 1 aromatic carbocycles. The van der Waals surface area contributed by atoms with Crippen LogP contribution in [0, 0.1) is 0 Å². The summed E-state index contributed by atoms with van der Waals surface area (Å²) in [4.78, 5) is 47.0. The lowest BCUT2D eigenvalue weighted by Crippen LogP contribution is -2.27. The molecule has 0 bridgehead atoms. The molecule has 2 saturated heterocycles. The van der Waals surface area contributed by atoms with Crippen LogP contribution in [0.15, 0.2) is 23.1 Å². The van der Waals surface area contributed by atoms with Crippen molar-refractivity contribution in [1.29, 1.82) is 0 Å². The van der Waals surface area contributed by atoms with E-state index in [-0.39, 0.29) is 17.4 Å². The van der Waals surface area contributed by atoms with Crippen molar-refractivity contribution in [3.63, 3.8) is 0 Å². The van der Waals surface area contributed by atoms with Gasteiger partial charge in [-0.25, -0.2) is 0 Å². The van der Waals surface area contributed by atoms with Gasteiger partial charge in [0.05, 0.1) is 18.4 Å². The molecule has 0 unspecified atom stereocenters. The summed E-state index contributed by atoms with van der Waals surface area (Å²) in [5.74, 6) is -0.700. The number of methoxy groups -OCH3 is 1. The van der Waals surface area contributed by atoms with Crippen molar-refractivity contribution in [2.75, 3.05) is 7.11 Å². The molecule has 0 aliphatic carbocycles. The predicted octanol–water partition coefficient (Wildman–Crippen LogP) is 2.47. The van der Waals surface area contributed by atoms with Gasteiger partial charge in [0, 0.05) is 0 Å². The van der Waals surface area contributed by atoms with Crippen LogP contribution in [0.2, 0.25) is 0 Å². The van der Waals surface area contributed by atoms with Gasteiger partial charge in [-0.3, -0.25) is 24.5 Å². The Kier molecular flexibility index (Phi) is 5.82. The van der Waals surface area contributed by atoms with Crippen molar-refractivity contribution in [2.45, 2.75) is 11.7 Å². The Morgan fingerprint density at radius 3 is 2.59 bits per heavy atom. The van der Waals surface area contributed by atoms with Gasteiger partial charge in [0.2, 0.25) is 5.91 Å². The molecule has 1 aromatic rings. The highest BCUT2D eigenvalue weighted by molar-refractivity contribution is 8.19. The lowest BCUT2D eigenvalue weighted by atomic mass is 10.2. The molecule has 2 fully saturated rings. The van der Waals surface area contributed by atoms with Gasteiger partial charge in [0.25, 0.3) is 10.5 Å². The van der Waals surface area contributed by atoms with Crippen LogP contribution in [0.5, 0.6) is 11.5 Å². The first kappa shape index (κ1) is 19.4. The normalized spacial score (nSPS) is 20.6. The Balaban J connectivity index is 1.71. The van der Waals surface area contributed by atoms with Crippen molar-refractivity contribution in [2.24, 2.45) is 0 Å². The fraction of sp³-hybridized carbons (Fsp3) is 0.188. The van der Waals surface area contributed by atoms with Gasteiger partial charge in [0.15, 0.2) is 11.5 Å². The standard InChI is InChI=1S/C16H12N2O6S3/c1-23-9-4-7(5-11-14(25)18-16(22)27-11)2-3-8(9)24-12(19)6-10-13(20)17-15(21)26-10/h2-5,10H,6H2,1H3,(H,17,20,21)(H,18,22,25)/b11-5-/t10-/m1/s1. The summed E-state index contributed by atoms with van der Waals surface area (Å²) in [6.07, 6.45) is 1.47. The van der Waals surface area contributed by atoms with Crippen LogP contribution in [0.4, 0.5) is 9.59 Å². The molecule has 3 rings (SSSR count). The van der Waals surface area contributed by atoms with Crippen LogP contribution < -0.4 is 20.1 Å². The monoisotopic (exact) mass is 424 g/mol. The van der Waals surface area contributed by atoms with E-state index in [0.29, 0.717) is 21.2 Å². The third kappa shape index (κ3) is 4.67. The second-order valence-electron chi connectivity index (χ2n) is 5.32. The maximum atomic E-state index is 12.1. The Hall–Kier alpha value is -2.37. The van der Waals surface area contributed by atoms with E-state index < -0.39 is 22.4 Å². The molecule has 27 heavy (non-hydrogen) atoms. The van der Waals surface area contributed by atoms with Gasteiger partial charge in [-0.05, 0) is 35.5 Å². The van der Waals surface area contributed by atoms with E-state index in [0.717, 1.165) is 23.5 Å². The molecule has 0 radical (unpaired) electrons. The van der Waals surface area contributed by atoms with Gasteiger partial charge >= 0.3 is 5.97 Å². The molecular weight excluding hydrogens is 412 g/mol. The van der Waals surface area contributed by atoms with Gasteiger partial charge in [-0.1, -0.05) is 30.0 Å². The predicted molar refractivity (Wildman–Crippen MR) is 105 cm³/mol. The van der Waals surface area contributed by atoms with Crippen LogP contribution in [0.25, 0.3) is 6.08 Å². The van der Waals surface area contributed by atoms with Crippen molar-refractivity contribution >= 4 is 69.2 Å². The number of thiocarbonyl (C=S) groups is 1. The maximum absolute atomic E-state index is 12.1. The van der Waals surface area contributed by atoms with Gasteiger partial charge in [0.1, 0.15) is 10.2 Å². The molecule has 0 aromatic heterocycles. The van der Waals surface area contributed by atoms with Crippen LogP contribution in [-0.2, 0) is 9.59 Å². The second-order valence-corrected chi connectivity index (χ2v) is 7.92. The van der Waals surface area contributed by atoms with Gasteiger partial charge < -0.3 is 14.8 Å². The number of hydrogen-bond donors (Lipinski definition) is 2. The molecule has 2 N–H and O–H groups in total. The minimum atomic E-state index is -0.801. The van der Waals surface area contributed by atoms with Crippen LogP contribution in [0.3, 0.4) is 0 Å². The second kappa shape index (κ2) is 8.11. The highest BCUT2D eigenvalue weighted by Crippen LogP contribution is 2.32. The molecule has 0 saturated carbocycles. The topological polar surface area (TPSA) is 111 Å². The smallest absolute Gasteiger partial charge is 0.312 e. The van der Waals surface area contributed by atoms with E-state index in [1.165, 1.54) is 13.2 Å². The molecule has 1 atom stereocenters. The largest absolute Gasteiger partial charge is 0.493 e. The molecule has 140 valence electrons. The minimum absolute atomic E-state index is 0.176. The number of carbonyl (C=O) groups is 4. The minimum Gasteiger partial charge on any atom is -0.493 e. The Morgan fingerprint density at radius 1 is 1.22 bits per heavy atom. The SMILES string of the molecule is COc1cc(/C=C2\SC(=O)NC2=S)ccc1OC(=O)C[C@H]1SC(=O)NC1=O. The third-order valence-corrected chi connectivity index (χ3v) is 5.73. The van der Waals surface area contributed by atoms with Crippen molar-refractivity contribution in [1.82, 2.24) is 10.6 Å². The molecule has 2 heterocycles. The number of benzene rings is 1. The molecule has 8 nitrogen and oxygen atoms in total.